The minimum Gasteiger partial charge on any atom is -0.481 e. The summed E-state index contributed by atoms with van der Waals surface area (Å²) in [4.78, 5) is 11.6. The molecule has 3 nitrogen and oxygen atoms in total. The second kappa shape index (κ2) is 4.44. The number of para-hydroxylation sites is 2. The van der Waals surface area contributed by atoms with Gasteiger partial charge in [-0.3, -0.25) is 4.79 Å². The van der Waals surface area contributed by atoms with Gasteiger partial charge in [0.25, 0.3) is 0 Å². The standard InChI is InChI=1S/C14H8Cl2O3/c15-9-5-1-3-7-11(14(17)18)8-4-2-6-10(16)13(8)19-12(7)9/h1-6,11H,(H,17,18). The molecule has 0 amide bonds. The molecule has 96 valence electrons. The molecule has 2 aromatic rings. The number of hydrogen-bond acceptors (Lipinski definition) is 2. The van der Waals surface area contributed by atoms with E-state index in [1.165, 1.54) is 0 Å². The van der Waals surface area contributed by atoms with Crippen LogP contribution in [0.15, 0.2) is 36.4 Å². The molecule has 1 aliphatic heterocycles. The molecule has 1 heterocycles. The normalized spacial score (nSPS) is 13.4. The van der Waals surface area contributed by atoms with Gasteiger partial charge in [-0.15, -0.1) is 0 Å². The van der Waals surface area contributed by atoms with Crippen molar-refractivity contribution >= 4 is 29.2 Å². The van der Waals surface area contributed by atoms with Crippen LogP contribution in [-0.2, 0) is 4.79 Å². The van der Waals surface area contributed by atoms with Gasteiger partial charge in [0.2, 0.25) is 0 Å². The van der Waals surface area contributed by atoms with Crippen LogP contribution in [0.3, 0.4) is 0 Å². The van der Waals surface area contributed by atoms with Crippen molar-refractivity contribution in [3.05, 3.63) is 57.6 Å². The summed E-state index contributed by atoms with van der Waals surface area (Å²) in [5.41, 5.74) is 1.07. The number of fused-ring (bicyclic) bond motifs is 2. The molecular formula is C14H8Cl2O3. The van der Waals surface area contributed by atoms with Crippen LogP contribution in [0.25, 0.3) is 0 Å². The van der Waals surface area contributed by atoms with E-state index < -0.39 is 11.9 Å². The lowest BCUT2D eigenvalue weighted by atomic mass is 9.88. The minimum absolute atomic E-state index is 0.358. The predicted molar refractivity (Wildman–Crippen MR) is 72.5 cm³/mol. The van der Waals surface area contributed by atoms with E-state index in [0.717, 1.165) is 0 Å². The molecule has 1 aliphatic rings. The Hall–Kier alpha value is -1.71. The number of hydrogen-bond donors (Lipinski definition) is 1. The van der Waals surface area contributed by atoms with Crippen LogP contribution in [0.1, 0.15) is 17.0 Å². The number of rotatable bonds is 1. The Morgan fingerprint density at radius 3 is 1.89 bits per heavy atom. The van der Waals surface area contributed by atoms with E-state index >= 15 is 0 Å². The fraction of sp³-hybridized carbons (Fsp3) is 0.0714. The number of benzene rings is 2. The smallest absolute Gasteiger partial charge is 0.315 e. The fourth-order valence-electron chi connectivity index (χ4n) is 2.26. The fourth-order valence-corrected chi connectivity index (χ4v) is 2.70. The number of carboxylic acids is 1. The van der Waals surface area contributed by atoms with E-state index in [-0.39, 0.29) is 0 Å². The van der Waals surface area contributed by atoms with Crippen molar-refractivity contribution in [1.29, 1.82) is 0 Å². The van der Waals surface area contributed by atoms with Crippen molar-refractivity contribution < 1.29 is 14.6 Å². The van der Waals surface area contributed by atoms with E-state index in [9.17, 15) is 9.90 Å². The van der Waals surface area contributed by atoms with Crippen molar-refractivity contribution in [2.24, 2.45) is 0 Å². The molecule has 2 aromatic carbocycles. The highest BCUT2D eigenvalue weighted by Crippen LogP contribution is 2.49. The zero-order valence-corrected chi connectivity index (χ0v) is 11.1. The molecule has 0 unspecified atom stereocenters. The van der Waals surface area contributed by atoms with Gasteiger partial charge in [0.05, 0.1) is 10.0 Å². The Morgan fingerprint density at radius 1 is 1.00 bits per heavy atom. The highest BCUT2D eigenvalue weighted by Gasteiger charge is 2.34. The molecule has 0 saturated carbocycles. The quantitative estimate of drug-likeness (QED) is 0.852. The highest BCUT2D eigenvalue weighted by molar-refractivity contribution is 6.33. The largest absolute Gasteiger partial charge is 0.481 e. The monoisotopic (exact) mass is 294 g/mol. The molecule has 0 aliphatic carbocycles. The zero-order chi connectivity index (χ0) is 13.6. The summed E-state index contributed by atoms with van der Waals surface area (Å²) in [6, 6.07) is 10.1. The number of ether oxygens (including phenoxy) is 1. The van der Waals surface area contributed by atoms with Gasteiger partial charge in [-0.05, 0) is 12.1 Å². The first-order chi connectivity index (χ1) is 9.09. The highest BCUT2D eigenvalue weighted by atomic mass is 35.5. The first-order valence-electron chi connectivity index (χ1n) is 5.57. The molecule has 19 heavy (non-hydrogen) atoms. The first kappa shape index (κ1) is 12.3. The molecule has 3 rings (SSSR count). The number of carboxylic acid groups (broad SMARTS) is 1. The van der Waals surface area contributed by atoms with E-state index in [1.807, 2.05) is 0 Å². The second-order valence-electron chi connectivity index (χ2n) is 4.19. The number of carbonyl (C=O) groups is 1. The summed E-state index contributed by atoms with van der Waals surface area (Å²) in [7, 11) is 0. The molecule has 0 atom stereocenters. The van der Waals surface area contributed by atoms with Crippen LogP contribution < -0.4 is 4.74 Å². The van der Waals surface area contributed by atoms with Gasteiger partial charge in [-0.2, -0.15) is 0 Å². The maximum atomic E-state index is 11.6. The topological polar surface area (TPSA) is 46.5 Å². The molecule has 0 radical (unpaired) electrons. The van der Waals surface area contributed by atoms with Gasteiger partial charge in [0, 0.05) is 11.1 Å². The Labute approximate surface area is 119 Å². The molecule has 0 aromatic heterocycles. The summed E-state index contributed by atoms with van der Waals surface area (Å²) < 4.78 is 5.69. The van der Waals surface area contributed by atoms with Gasteiger partial charge in [0.15, 0.2) is 11.5 Å². The Kier molecular flexibility index (Phi) is 2.88. The summed E-state index contributed by atoms with van der Waals surface area (Å²) in [6.45, 7) is 0. The number of halogens is 2. The van der Waals surface area contributed by atoms with Gasteiger partial charge in [-0.1, -0.05) is 47.5 Å². The van der Waals surface area contributed by atoms with Crippen molar-refractivity contribution in [3.63, 3.8) is 0 Å². The lowest BCUT2D eigenvalue weighted by Gasteiger charge is -2.26. The van der Waals surface area contributed by atoms with Gasteiger partial charge >= 0.3 is 5.97 Å². The predicted octanol–water partition coefficient (Wildman–Crippen LogP) is 4.32. The SMILES string of the molecule is O=C(O)C1c2cccc(Cl)c2Oc2c(Cl)cccc21. The van der Waals surface area contributed by atoms with E-state index in [0.29, 0.717) is 32.7 Å². The van der Waals surface area contributed by atoms with Gasteiger partial charge < -0.3 is 9.84 Å². The van der Waals surface area contributed by atoms with Gasteiger partial charge in [-0.25, -0.2) is 0 Å². The Balaban J connectivity index is 2.30. The lowest BCUT2D eigenvalue weighted by molar-refractivity contribution is -0.137. The van der Waals surface area contributed by atoms with E-state index in [2.05, 4.69) is 0 Å². The van der Waals surface area contributed by atoms with Crippen molar-refractivity contribution in [2.75, 3.05) is 0 Å². The van der Waals surface area contributed by atoms with Crippen LogP contribution in [0, 0.1) is 0 Å². The zero-order valence-electron chi connectivity index (χ0n) is 9.56. The van der Waals surface area contributed by atoms with Crippen LogP contribution >= 0.6 is 23.2 Å². The lowest BCUT2D eigenvalue weighted by Crippen LogP contribution is -2.18. The average molecular weight is 295 g/mol. The molecule has 0 bridgehead atoms. The Morgan fingerprint density at radius 2 is 1.47 bits per heavy atom. The van der Waals surface area contributed by atoms with E-state index in [4.69, 9.17) is 27.9 Å². The third-order valence-corrected chi connectivity index (χ3v) is 3.66. The molecule has 5 heteroatoms. The van der Waals surface area contributed by atoms with Crippen molar-refractivity contribution in [3.8, 4) is 11.5 Å². The van der Waals surface area contributed by atoms with Crippen LogP contribution in [-0.4, -0.2) is 11.1 Å². The third kappa shape index (κ3) is 1.86. The maximum Gasteiger partial charge on any atom is 0.315 e. The molecular weight excluding hydrogens is 287 g/mol. The maximum absolute atomic E-state index is 11.6. The summed E-state index contributed by atoms with van der Waals surface area (Å²) >= 11 is 12.1. The Bertz CT molecular complexity index is 631. The third-order valence-electron chi connectivity index (χ3n) is 3.07. The van der Waals surface area contributed by atoms with Crippen LogP contribution in [0.5, 0.6) is 11.5 Å². The molecule has 1 N–H and O–H groups in total. The van der Waals surface area contributed by atoms with Crippen molar-refractivity contribution in [2.45, 2.75) is 5.92 Å². The summed E-state index contributed by atoms with van der Waals surface area (Å²) in [5.74, 6) is -1.07. The van der Waals surface area contributed by atoms with Gasteiger partial charge in [0.1, 0.15) is 5.92 Å². The molecule has 0 fully saturated rings. The average Bonchev–Trinajstić information content (AvgIpc) is 2.37. The second-order valence-corrected chi connectivity index (χ2v) is 5.00. The van der Waals surface area contributed by atoms with Crippen LogP contribution in [0.4, 0.5) is 0 Å². The minimum atomic E-state index is -0.963. The number of aliphatic carboxylic acids is 1. The van der Waals surface area contributed by atoms with E-state index in [1.54, 1.807) is 36.4 Å². The summed E-state index contributed by atoms with van der Waals surface area (Å²) in [6.07, 6.45) is 0. The first-order valence-corrected chi connectivity index (χ1v) is 6.32. The van der Waals surface area contributed by atoms with Crippen LogP contribution in [0.2, 0.25) is 10.0 Å². The van der Waals surface area contributed by atoms with Crippen molar-refractivity contribution in [1.82, 2.24) is 0 Å². The molecule has 0 spiro atoms. The summed E-state index contributed by atoms with van der Waals surface area (Å²) in [5, 5.41) is 10.2. The molecule has 0 saturated heterocycles.